The Kier molecular flexibility index (Phi) is 3.60. The van der Waals surface area contributed by atoms with E-state index in [-0.39, 0.29) is 6.61 Å². The molecule has 1 saturated heterocycles. The third-order valence-corrected chi connectivity index (χ3v) is 2.17. The van der Waals surface area contributed by atoms with Crippen molar-refractivity contribution in [2.75, 3.05) is 13.7 Å². The van der Waals surface area contributed by atoms with Crippen LogP contribution in [0.2, 0.25) is 0 Å². The number of rotatable bonds is 2. The lowest BCUT2D eigenvalue weighted by molar-refractivity contribution is -0.267. The van der Waals surface area contributed by atoms with Crippen LogP contribution in [-0.2, 0) is 9.47 Å². The SMILES string of the molecule is CO[C@H]1OC(CO)[C@@H](O)C(N)[C@@H]1O. The Hall–Kier alpha value is -0.240. The minimum absolute atomic E-state index is 0.360. The predicted molar refractivity (Wildman–Crippen MR) is 42.7 cm³/mol. The Morgan fingerprint density at radius 3 is 2.46 bits per heavy atom. The molecule has 0 amide bonds. The molecule has 0 aromatic heterocycles. The van der Waals surface area contributed by atoms with Crippen molar-refractivity contribution in [3.63, 3.8) is 0 Å². The van der Waals surface area contributed by atoms with Gasteiger partial charge in [-0.3, -0.25) is 0 Å². The van der Waals surface area contributed by atoms with Gasteiger partial charge in [-0.25, -0.2) is 0 Å². The van der Waals surface area contributed by atoms with Gasteiger partial charge in [-0.2, -0.15) is 0 Å². The fourth-order valence-corrected chi connectivity index (χ4v) is 1.31. The lowest BCUT2D eigenvalue weighted by Gasteiger charge is -2.39. The van der Waals surface area contributed by atoms with Gasteiger partial charge in [0.15, 0.2) is 6.29 Å². The van der Waals surface area contributed by atoms with Gasteiger partial charge < -0.3 is 30.5 Å². The van der Waals surface area contributed by atoms with E-state index in [0.29, 0.717) is 0 Å². The number of hydrogen-bond donors (Lipinski definition) is 4. The van der Waals surface area contributed by atoms with Gasteiger partial charge in [0.1, 0.15) is 18.3 Å². The van der Waals surface area contributed by atoms with Crippen LogP contribution in [0, 0.1) is 0 Å². The van der Waals surface area contributed by atoms with E-state index in [1.165, 1.54) is 7.11 Å². The second kappa shape index (κ2) is 4.32. The summed E-state index contributed by atoms with van der Waals surface area (Å²) in [6.45, 7) is -0.360. The molecule has 5 N–H and O–H groups in total. The van der Waals surface area contributed by atoms with Gasteiger partial charge in [0, 0.05) is 7.11 Å². The standard InChI is InChI=1S/C7H15NO5/c1-12-7-6(11)4(8)5(10)3(2-9)13-7/h3-7,9-11H,2,8H2,1H3/t3?,4?,5-,6+,7+/m1/s1. The highest BCUT2D eigenvalue weighted by atomic mass is 16.7. The third kappa shape index (κ3) is 1.98. The van der Waals surface area contributed by atoms with Crippen LogP contribution in [0.4, 0.5) is 0 Å². The normalized spacial score (nSPS) is 46.4. The highest BCUT2D eigenvalue weighted by molar-refractivity contribution is 4.91. The first-order valence-corrected chi connectivity index (χ1v) is 4.02. The Bertz CT molecular complexity index is 147. The van der Waals surface area contributed by atoms with Gasteiger partial charge in [-0.15, -0.1) is 0 Å². The second-order valence-electron chi connectivity index (χ2n) is 3.02. The fraction of sp³-hybridized carbons (Fsp3) is 1.00. The van der Waals surface area contributed by atoms with Crippen molar-refractivity contribution < 1.29 is 24.8 Å². The molecule has 0 radical (unpaired) electrons. The number of ether oxygens (including phenoxy) is 2. The molecule has 78 valence electrons. The fourth-order valence-electron chi connectivity index (χ4n) is 1.31. The van der Waals surface area contributed by atoms with E-state index in [2.05, 4.69) is 0 Å². The quantitative estimate of drug-likeness (QED) is 0.383. The van der Waals surface area contributed by atoms with Crippen LogP contribution in [0.3, 0.4) is 0 Å². The van der Waals surface area contributed by atoms with Crippen molar-refractivity contribution in [3.05, 3.63) is 0 Å². The third-order valence-electron chi connectivity index (χ3n) is 2.17. The van der Waals surface area contributed by atoms with Crippen LogP contribution in [0.15, 0.2) is 0 Å². The van der Waals surface area contributed by atoms with Crippen LogP contribution < -0.4 is 5.73 Å². The van der Waals surface area contributed by atoms with Gasteiger partial charge in [0.05, 0.1) is 12.6 Å². The smallest absolute Gasteiger partial charge is 0.185 e. The second-order valence-corrected chi connectivity index (χ2v) is 3.02. The first kappa shape index (κ1) is 10.8. The van der Waals surface area contributed by atoms with Crippen molar-refractivity contribution in [1.82, 2.24) is 0 Å². The molecule has 1 aliphatic rings. The van der Waals surface area contributed by atoms with Crippen LogP contribution >= 0.6 is 0 Å². The molecule has 5 atom stereocenters. The van der Waals surface area contributed by atoms with Crippen molar-refractivity contribution >= 4 is 0 Å². The van der Waals surface area contributed by atoms with Gasteiger partial charge in [0.2, 0.25) is 0 Å². The summed E-state index contributed by atoms with van der Waals surface area (Å²) < 4.78 is 9.81. The maximum atomic E-state index is 9.40. The van der Waals surface area contributed by atoms with E-state index in [4.69, 9.17) is 20.3 Å². The Balaban J connectivity index is 2.66. The molecule has 0 aliphatic carbocycles. The summed E-state index contributed by atoms with van der Waals surface area (Å²) in [6, 6.07) is -0.865. The molecule has 1 aliphatic heterocycles. The van der Waals surface area contributed by atoms with E-state index in [1.54, 1.807) is 0 Å². The highest BCUT2D eigenvalue weighted by Gasteiger charge is 2.42. The molecule has 2 unspecified atom stereocenters. The minimum Gasteiger partial charge on any atom is -0.394 e. The molecule has 0 aromatic carbocycles. The zero-order valence-corrected chi connectivity index (χ0v) is 7.33. The minimum atomic E-state index is -1.08. The molecule has 6 nitrogen and oxygen atoms in total. The molecule has 1 rings (SSSR count). The van der Waals surface area contributed by atoms with Crippen molar-refractivity contribution in [2.45, 2.75) is 30.6 Å². The number of aliphatic hydroxyl groups is 3. The lowest BCUT2D eigenvalue weighted by atomic mass is 9.97. The van der Waals surface area contributed by atoms with E-state index >= 15 is 0 Å². The largest absolute Gasteiger partial charge is 0.394 e. The zero-order valence-electron chi connectivity index (χ0n) is 7.33. The van der Waals surface area contributed by atoms with E-state index in [1.807, 2.05) is 0 Å². The van der Waals surface area contributed by atoms with Gasteiger partial charge in [0.25, 0.3) is 0 Å². The Labute approximate surface area is 75.9 Å². The molecule has 0 spiro atoms. The average molecular weight is 193 g/mol. The molecular formula is C7H15NO5. The lowest BCUT2D eigenvalue weighted by Crippen LogP contribution is -2.62. The maximum Gasteiger partial charge on any atom is 0.185 e. The monoisotopic (exact) mass is 193 g/mol. The van der Waals surface area contributed by atoms with Crippen LogP contribution in [-0.4, -0.2) is 59.7 Å². The van der Waals surface area contributed by atoms with E-state index in [9.17, 15) is 10.2 Å². The summed E-state index contributed by atoms with van der Waals surface area (Å²) >= 11 is 0. The molecule has 0 bridgehead atoms. The number of methoxy groups -OCH3 is 1. The molecule has 0 saturated carbocycles. The molecular weight excluding hydrogens is 178 g/mol. The summed E-state index contributed by atoms with van der Waals surface area (Å²) in [6.07, 6.45) is -3.85. The Morgan fingerprint density at radius 1 is 1.38 bits per heavy atom. The molecule has 0 aromatic rings. The molecule has 13 heavy (non-hydrogen) atoms. The van der Waals surface area contributed by atoms with Crippen molar-refractivity contribution in [2.24, 2.45) is 5.73 Å². The van der Waals surface area contributed by atoms with Crippen molar-refractivity contribution in [3.8, 4) is 0 Å². The van der Waals surface area contributed by atoms with Gasteiger partial charge >= 0.3 is 0 Å². The zero-order chi connectivity index (χ0) is 10.0. The topological polar surface area (TPSA) is 105 Å². The summed E-state index contributed by atoms with van der Waals surface area (Å²) in [7, 11) is 1.35. The van der Waals surface area contributed by atoms with E-state index < -0.39 is 30.6 Å². The predicted octanol–water partition coefficient (Wildman–Crippen LogP) is -2.60. The van der Waals surface area contributed by atoms with Crippen LogP contribution in [0.5, 0.6) is 0 Å². The Morgan fingerprint density at radius 2 is 2.00 bits per heavy atom. The summed E-state index contributed by atoms with van der Waals surface area (Å²) in [4.78, 5) is 0. The van der Waals surface area contributed by atoms with Crippen LogP contribution in [0.25, 0.3) is 0 Å². The highest BCUT2D eigenvalue weighted by Crippen LogP contribution is 2.19. The molecule has 6 heteroatoms. The van der Waals surface area contributed by atoms with Gasteiger partial charge in [-0.05, 0) is 0 Å². The van der Waals surface area contributed by atoms with Gasteiger partial charge in [-0.1, -0.05) is 0 Å². The maximum absolute atomic E-state index is 9.40. The van der Waals surface area contributed by atoms with Crippen molar-refractivity contribution in [1.29, 1.82) is 0 Å². The number of aliphatic hydroxyl groups excluding tert-OH is 3. The number of nitrogens with two attached hydrogens (primary N) is 1. The summed E-state index contributed by atoms with van der Waals surface area (Å²) in [5.41, 5.74) is 5.48. The molecule has 1 fully saturated rings. The molecule has 1 heterocycles. The van der Waals surface area contributed by atoms with Crippen LogP contribution in [0.1, 0.15) is 0 Å². The summed E-state index contributed by atoms with van der Waals surface area (Å²) in [5, 5.41) is 27.6. The van der Waals surface area contributed by atoms with E-state index in [0.717, 1.165) is 0 Å². The summed E-state index contributed by atoms with van der Waals surface area (Å²) in [5.74, 6) is 0. The average Bonchev–Trinajstić information content (AvgIpc) is 2.15. The number of hydrogen-bond acceptors (Lipinski definition) is 6. The first-order chi connectivity index (χ1) is 6.11. The first-order valence-electron chi connectivity index (χ1n) is 4.02.